The first-order valence-electron chi connectivity index (χ1n) is 9.91. The lowest BCUT2D eigenvalue weighted by atomic mass is 9.63. The van der Waals surface area contributed by atoms with Gasteiger partial charge in [-0.1, -0.05) is 62.8 Å². The van der Waals surface area contributed by atoms with Crippen molar-refractivity contribution in [3.05, 3.63) is 81.8 Å². The lowest BCUT2D eigenvalue weighted by molar-refractivity contribution is 0.517. The lowest BCUT2D eigenvalue weighted by Crippen LogP contribution is -2.31. The van der Waals surface area contributed by atoms with Crippen LogP contribution in [0.4, 0.5) is 4.39 Å². The van der Waals surface area contributed by atoms with Gasteiger partial charge in [-0.25, -0.2) is 4.39 Å². The predicted octanol–water partition coefficient (Wildman–Crippen LogP) is 7.33. The summed E-state index contributed by atoms with van der Waals surface area (Å²) in [6.45, 7) is 10.5. The highest BCUT2D eigenvalue weighted by atomic mass is 19.1. The van der Waals surface area contributed by atoms with Gasteiger partial charge in [0.05, 0.1) is 5.71 Å². The van der Waals surface area contributed by atoms with Crippen molar-refractivity contribution in [2.45, 2.75) is 53.9 Å². The van der Waals surface area contributed by atoms with Gasteiger partial charge in [-0.05, 0) is 67.4 Å². The van der Waals surface area contributed by atoms with Crippen molar-refractivity contribution in [2.24, 2.45) is 11.3 Å². The molecular weight excluding hydrogens is 333 g/mol. The number of hydrogen-bond acceptors (Lipinski definition) is 1. The molecule has 1 N–H and O–H groups in total. The molecule has 3 aliphatic rings. The molecular formula is C25H30FN. The quantitative estimate of drug-likeness (QED) is 0.494. The van der Waals surface area contributed by atoms with Crippen LogP contribution in [0.25, 0.3) is 0 Å². The zero-order valence-corrected chi connectivity index (χ0v) is 17.1. The second-order valence-electron chi connectivity index (χ2n) is 8.29. The van der Waals surface area contributed by atoms with Crippen molar-refractivity contribution >= 4 is 5.71 Å². The monoisotopic (exact) mass is 363 g/mol. The van der Waals surface area contributed by atoms with E-state index < -0.39 is 0 Å². The molecule has 0 aromatic heterocycles. The Morgan fingerprint density at radius 3 is 2.63 bits per heavy atom. The van der Waals surface area contributed by atoms with Gasteiger partial charge in [-0.15, -0.1) is 0 Å². The van der Waals surface area contributed by atoms with Gasteiger partial charge in [0, 0.05) is 11.0 Å². The maximum absolute atomic E-state index is 14.4. The van der Waals surface area contributed by atoms with Gasteiger partial charge in [0.1, 0.15) is 5.83 Å². The molecule has 0 aliphatic heterocycles. The number of rotatable bonds is 5. The third-order valence-electron chi connectivity index (χ3n) is 5.85. The molecule has 0 heterocycles. The minimum absolute atomic E-state index is 0.156. The van der Waals surface area contributed by atoms with Crippen molar-refractivity contribution in [3.63, 3.8) is 0 Å². The van der Waals surface area contributed by atoms with Crippen molar-refractivity contribution in [2.75, 3.05) is 0 Å². The molecule has 0 aromatic carbocycles. The summed E-state index contributed by atoms with van der Waals surface area (Å²) in [5.41, 5.74) is 6.37. The molecule has 142 valence electrons. The van der Waals surface area contributed by atoms with Crippen LogP contribution in [0.5, 0.6) is 0 Å². The fourth-order valence-corrected chi connectivity index (χ4v) is 4.27. The second-order valence-corrected chi connectivity index (χ2v) is 8.29. The minimum atomic E-state index is -0.239. The summed E-state index contributed by atoms with van der Waals surface area (Å²) in [6.07, 6.45) is 17.2. The molecule has 0 fully saturated rings. The maximum Gasteiger partial charge on any atom is 0.133 e. The van der Waals surface area contributed by atoms with E-state index in [1.165, 1.54) is 16.7 Å². The Kier molecular flexibility index (Phi) is 5.37. The first kappa shape index (κ1) is 19.5. The molecule has 0 saturated carbocycles. The third-order valence-corrected chi connectivity index (χ3v) is 5.85. The predicted molar refractivity (Wildman–Crippen MR) is 114 cm³/mol. The van der Waals surface area contributed by atoms with E-state index in [1.54, 1.807) is 12.2 Å². The molecule has 2 heteroatoms. The largest absolute Gasteiger partial charge is 0.301 e. The van der Waals surface area contributed by atoms with Crippen LogP contribution in [0.1, 0.15) is 53.9 Å². The van der Waals surface area contributed by atoms with E-state index in [4.69, 9.17) is 5.41 Å². The second kappa shape index (κ2) is 7.42. The fourth-order valence-electron chi connectivity index (χ4n) is 4.27. The summed E-state index contributed by atoms with van der Waals surface area (Å²) < 4.78 is 14.4. The molecule has 0 aromatic rings. The normalized spacial score (nSPS) is 24.2. The lowest BCUT2D eigenvalue weighted by Gasteiger charge is -2.41. The molecule has 1 unspecified atom stereocenters. The van der Waals surface area contributed by atoms with E-state index in [-0.39, 0.29) is 11.2 Å². The summed E-state index contributed by atoms with van der Waals surface area (Å²) in [5, 5.41) is 8.74. The average Bonchev–Trinajstić information content (AvgIpc) is 3.45. The van der Waals surface area contributed by atoms with Crippen molar-refractivity contribution in [1.29, 1.82) is 5.41 Å². The van der Waals surface area contributed by atoms with Crippen LogP contribution in [0.2, 0.25) is 0 Å². The van der Waals surface area contributed by atoms with Crippen molar-refractivity contribution < 1.29 is 4.39 Å². The number of hydrogen-bond donors (Lipinski definition) is 1. The topological polar surface area (TPSA) is 23.9 Å². The first-order valence-corrected chi connectivity index (χ1v) is 9.91. The molecule has 27 heavy (non-hydrogen) atoms. The third kappa shape index (κ3) is 3.76. The fraction of sp³-hybridized carbons (Fsp3) is 0.400. The van der Waals surface area contributed by atoms with E-state index in [2.05, 4.69) is 45.9 Å². The van der Waals surface area contributed by atoms with Crippen LogP contribution < -0.4 is 0 Å². The minimum Gasteiger partial charge on any atom is -0.301 e. The van der Waals surface area contributed by atoms with Gasteiger partial charge >= 0.3 is 0 Å². The van der Waals surface area contributed by atoms with E-state index >= 15 is 0 Å². The molecule has 1 nitrogen and oxygen atoms in total. The Labute approximate surface area is 163 Å². The van der Waals surface area contributed by atoms with E-state index in [0.29, 0.717) is 22.8 Å². The highest BCUT2D eigenvalue weighted by Gasteiger charge is 2.38. The standard InChI is InChI=1S/C25H30FN/c1-6-7-8-9-18-11-10-16(2)23-22(18)21(27)15-20(25(23,4)5)14-17(3)24(26)19-12-13-19/h7-8,10,12-15,18,27H,6,9,11H2,1-5H3/b8-7?,17-14-,27-21?. The SMILES string of the molecule is CCC=CCC1CC=C(C)C2=C1C(=N)C=C(/C=C(/C)C(F)=C1C=C1)C2(C)C. The van der Waals surface area contributed by atoms with Gasteiger partial charge in [-0.2, -0.15) is 0 Å². The van der Waals surface area contributed by atoms with E-state index in [1.807, 2.05) is 19.1 Å². The molecule has 0 saturated heterocycles. The summed E-state index contributed by atoms with van der Waals surface area (Å²) >= 11 is 0. The molecule has 0 radical (unpaired) electrons. The Hall–Kier alpha value is -2.22. The number of allylic oxidation sites excluding steroid dienone is 14. The van der Waals surface area contributed by atoms with E-state index in [0.717, 1.165) is 24.8 Å². The van der Waals surface area contributed by atoms with Gasteiger partial charge < -0.3 is 5.41 Å². The summed E-state index contributed by atoms with van der Waals surface area (Å²) in [4.78, 5) is 0. The van der Waals surface area contributed by atoms with Gasteiger partial charge in [0.2, 0.25) is 0 Å². The molecule has 3 rings (SSSR count). The van der Waals surface area contributed by atoms with Crippen LogP contribution in [-0.2, 0) is 0 Å². The first-order chi connectivity index (χ1) is 12.8. The van der Waals surface area contributed by atoms with Crippen LogP contribution in [-0.4, -0.2) is 5.71 Å². The number of halogens is 1. The summed E-state index contributed by atoms with van der Waals surface area (Å²) in [5.74, 6) is 0.201. The average molecular weight is 364 g/mol. The number of nitrogens with one attached hydrogen (secondary N) is 1. The van der Waals surface area contributed by atoms with Gasteiger partial charge in [0.25, 0.3) is 0 Å². The Balaban J connectivity index is 2.00. The zero-order valence-electron chi connectivity index (χ0n) is 17.1. The van der Waals surface area contributed by atoms with E-state index in [9.17, 15) is 4.39 Å². The zero-order chi connectivity index (χ0) is 19.8. The smallest absolute Gasteiger partial charge is 0.133 e. The molecule has 0 amide bonds. The van der Waals surface area contributed by atoms with Gasteiger partial charge in [-0.3, -0.25) is 0 Å². The molecule has 0 bridgehead atoms. The maximum atomic E-state index is 14.4. The van der Waals surface area contributed by atoms with Crippen LogP contribution in [0.3, 0.4) is 0 Å². The van der Waals surface area contributed by atoms with Crippen molar-refractivity contribution in [3.8, 4) is 0 Å². The van der Waals surface area contributed by atoms with Crippen LogP contribution >= 0.6 is 0 Å². The van der Waals surface area contributed by atoms with Crippen LogP contribution in [0.15, 0.2) is 81.8 Å². The Bertz CT molecular complexity index is 873. The molecule has 1 atom stereocenters. The molecule has 0 spiro atoms. The highest BCUT2D eigenvalue weighted by molar-refractivity contribution is 6.10. The summed E-state index contributed by atoms with van der Waals surface area (Å²) in [7, 11) is 0. The van der Waals surface area contributed by atoms with Gasteiger partial charge in [0.15, 0.2) is 0 Å². The Morgan fingerprint density at radius 2 is 2.00 bits per heavy atom. The highest BCUT2D eigenvalue weighted by Crippen LogP contribution is 2.49. The van der Waals surface area contributed by atoms with Crippen molar-refractivity contribution in [1.82, 2.24) is 0 Å². The van der Waals surface area contributed by atoms with Crippen LogP contribution in [0, 0.1) is 16.7 Å². The Morgan fingerprint density at radius 1 is 1.30 bits per heavy atom. The molecule has 3 aliphatic carbocycles. The summed E-state index contributed by atoms with van der Waals surface area (Å²) in [6, 6.07) is 0.